The van der Waals surface area contributed by atoms with Crippen LogP contribution in [0.25, 0.3) is 0 Å². The highest BCUT2D eigenvalue weighted by molar-refractivity contribution is 5.86. The Kier molecular flexibility index (Phi) is 5.69. The van der Waals surface area contributed by atoms with Crippen LogP contribution in [0.15, 0.2) is 0 Å². The van der Waals surface area contributed by atoms with Crippen LogP contribution in [0.1, 0.15) is 29.2 Å². The number of carboxylic acid groups (broad SMARTS) is 1. The van der Waals surface area contributed by atoms with E-state index in [4.69, 9.17) is 19.7 Å². The molecule has 18 heavy (non-hydrogen) atoms. The number of carbonyl (C=O) groups is 1. The zero-order valence-corrected chi connectivity index (χ0v) is 10.4. The predicted octanol–water partition coefficient (Wildman–Crippen LogP) is -0.307. The van der Waals surface area contributed by atoms with E-state index >= 15 is 0 Å². The van der Waals surface area contributed by atoms with Crippen LogP contribution >= 0.6 is 0 Å². The number of aliphatic hydroxyl groups excluding tert-OH is 1. The molecule has 0 aliphatic carbocycles. The molecule has 0 spiro atoms. The molecule has 0 aliphatic heterocycles. The highest BCUT2D eigenvalue weighted by Gasteiger charge is 2.23. The SMILES string of the molecule is COC(C)c1c(C(=O)O)nnn1CCOCCO. The maximum Gasteiger partial charge on any atom is 0.358 e. The Labute approximate surface area is 104 Å². The summed E-state index contributed by atoms with van der Waals surface area (Å²) in [6.45, 7) is 2.56. The van der Waals surface area contributed by atoms with Gasteiger partial charge in [-0.3, -0.25) is 0 Å². The molecule has 0 saturated carbocycles. The lowest BCUT2D eigenvalue weighted by Crippen LogP contribution is -2.16. The Balaban J connectivity index is 2.80. The summed E-state index contributed by atoms with van der Waals surface area (Å²) in [7, 11) is 1.48. The maximum atomic E-state index is 11.0. The standard InChI is InChI=1S/C10H17N3O5/c1-7(17-2)9-8(10(15)16)11-12-13(9)3-5-18-6-4-14/h7,14H,3-6H2,1-2H3,(H,15,16). The fourth-order valence-corrected chi connectivity index (χ4v) is 1.47. The lowest BCUT2D eigenvalue weighted by molar-refractivity contribution is 0.0667. The molecule has 0 saturated heterocycles. The van der Waals surface area contributed by atoms with Crippen LogP contribution in [0.5, 0.6) is 0 Å². The summed E-state index contributed by atoms with van der Waals surface area (Å²) in [5, 5.41) is 24.9. The average Bonchev–Trinajstić information content (AvgIpc) is 2.77. The van der Waals surface area contributed by atoms with Crippen LogP contribution in [-0.2, 0) is 16.0 Å². The molecule has 1 aromatic rings. The minimum Gasteiger partial charge on any atom is -0.476 e. The van der Waals surface area contributed by atoms with E-state index in [2.05, 4.69) is 10.3 Å². The van der Waals surface area contributed by atoms with Crippen molar-refractivity contribution in [1.82, 2.24) is 15.0 Å². The quantitative estimate of drug-likeness (QED) is 0.617. The Morgan fingerprint density at radius 2 is 2.22 bits per heavy atom. The van der Waals surface area contributed by atoms with E-state index in [-0.39, 0.29) is 18.9 Å². The predicted molar refractivity (Wildman–Crippen MR) is 60.3 cm³/mol. The van der Waals surface area contributed by atoms with E-state index in [1.54, 1.807) is 6.92 Å². The molecule has 2 N–H and O–H groups in total. The van der Waals surface area contributed by atoms with E-state index in [9.17, 15) is 4.79 Å². The van der Waals surface area contributed by atoms with Crippen LogP contribution in [0, 0.1) is 0 Å². The number of hydrogen-bond acceptors (Lipinski definition) is 6. The summed E-state index contributed by atoms with van der Waals surface area (Å²) >= 11 is 0. The zero-order valence-electron chi connectivity index (χ0n) is 10.4. The first-order valence-electron chi connectivity index (χ1n) is 5.49. The van der Waals surface area contributed by atoms with E-state index < -0.39 is 12.1 Å². The summed E-state index contributed by atoms with van der Waals surface area (Å²) in [6, 6.07) is 0. The second-order valence-electron chi connectivity index (χ2n) is 3.57. The molecule has 8 nitrogen and oxygen atoms in total. The van der Waals surface area contributed by atoms with Gasteiger partial charge in [-0.15, -0.1) is 5.10 Å². The largest absolute Gasteiger partial charge is 0.476 e. The van der Waals surface area contributed by atoms with E-state index in [0.29, 0.717) is 18.8 Å². The third-order valence-corrected chi connectivity index (χ3v) is 2.40. The normalized spacial score (nSPS) is 12.6. The summed E-state index contributed by atoms with van der Waals surface area (Å²) in [6.07, 6.45) is -0.427. The van der Waals surface area contributed by atoms with Gasteiger partial charge in [0.1, 0.15) is 5.69 Å². The second-order valence-corrected chi connectivity index (χ2v) is 3.57. The number of aliphatic hydroxyl groups is 1. The fraction of sp³-hybridized carbons (Fsp3) is 0.700. The fourth-order valence-electron chi connectivity index (χ4n) is 1.47. The molecule has 0 amide bonds. The summed E-state index contributed by atoms with van der Waals surface area (Å²) in [4.78, 5) is 11.0. The highest BCUT2D eigenvalue weighted by Crippen LogP contribution is 2.18. The van der Waals surface area contributed by atoms with Crippen molar-refractivity contribution in [1.29, 1.82) is 0 Å². The van der Waals surface area contributed by atoms with Crippen LogP contribution in [0.4, 0.5) is 0 Å². The summed E-state index contributed by atoms with van der Waals surface area (Å²) in [5.74, 6) is -1.14. The minimum absolute atomic E-state index is 0.0565. The maximum absolute atomic E-state index is 11.0. The van der Waals surface area contributed by atoms with Crippen molar-refractivity contribution in [3.05, 3.63) is 11.4 Å². The number of nitrogens with zero attached hydrogens (tertiary/aromatic N) is 3. The molecule has 0 fully saturated rings. The summed E-state index contributed by atoms with van der Waals surface area (Å²) in [5.41, 5.74) is 0.282. The minimum atomic E-state index is -1.14. The van der Waals surface area contributed by atoms with Crippen molar-refractivity contribution < 1.29 is 24.5 Å². The van der Waals surface area contributed by atoms with Crippen molar-refractivity contribution in [2.24, 2.45) is 0 Å². The molecule has 1 rings (SSSR count). The first-order valence-corrected chi connectivity index (χ1v) is 5.49. The van der Waals surface area contributed by atoms with Crippen LogP contribution < -0.4 is 0 Å². The van der Waals surface area contributed by atoms with Gasteiger partial charge in [0.05, 0.1) is 32.5 Å². The average molecular weight is 259 g/mol. The Hall–Kier alpha value is -1.51. The molecule has 1 aromatic heterocycles. The molecule has 0 aliphatic rings. The number of hydrogen-bond donors (Lipinski definition) is 2. The van der Waals surface area contributed by atoms with Gasteiger partial charge in [-0.05, 0) is 6.92 Å². The van der Waals surface area contributed by atoms with Crippen molar-refractivity contribution in [2.75, 3.05) is 26.9 Å². The Morgan fingerprint density at radius 1 is 1.50 bits per heavy atom. The molecular weight excluding hydrogens is 242 g/mol. The lowest BCUT2D eigenvalue weighted by atomic mass is 10.2. The third-order valence-electron chi connectivity index (χ3n) is 2.40. The van der Waals surface area contributed by atoms with Gasteiger partial charge in [-0.1, -0.05) is 5.21 Å². The van der Waals surface area contributed by atoms with Crippen molar-refractivity contribution >= 4 is 5.97 Å². The van der Waals surface area contributed by atoms with Crippen molar-refractivity contribution in [3.8, 4) is 0 Å². The van der Waals surface area contributed by atoms with E-state index in [1.807, 2.05) is 0 Å². The van der Waals surface area contributed by atoms with Gasteiger partial charge in [-0.25, -0.2) is 9.48 Å². The molecule has 0 bridgehead atoms. The molecule has 1 heterocycles. The molecule has 0 radical (unpaired) electrons. The zero-order chi connectivity index (χ0) is 13.5. The Bertz CT molecular complexity index is 393. The second kappa shape index (κ2) is 7.04. The number of aromatic carboxylic acids is 1. The van der Waals surface area contributed by atoms with Gasteiger partial charge in [0, 0.05) is 7.11 Å². The monoisotopic (exact) mass is 259 g/mol. The molecule has 1 atom stereocenters. The van der Waals surface area contributed by atoms with Crippen molar-refractivity contribution in [2.45, 2.75) is 19.6 Å². The van der Waals surface area contributed by atoms with E-state index in [1.165, 1.54) is 11.8 Å². The van der Waals surface area contributed by atoms with Crippen LogP contribution in [-0.4, -0.2) is 58.1 Å². The topological polar surface area (TPSA) is 107 Å². The molecule has 8 heteroatoms. The number of aromatic nitrogens is 3. The van der Waals surface area contributed by atoms with Crippen LogP contribution in [0.3, 0.4) is 0 Å². The number of methoxy groups -OCH3 is 1. The van der Waals surface area contributed by atoms with Gasteiger partial charge < -0.3 is 19.7 Å². The smallest absolute Gasteiger partial charge is 0.358 e. The van der Waals surface area contributed by atoms with E-state index in [0.717, 1.165) is 0 Å². The third kappa shape index (κ3) is 3.49. The first-order chi connectivity index (χ1) is 8.61. The van der Waals surface area contributed by atoms with Gasteiger partial charge in [-0.2, -0.15) is 0 Å². The molecule has 1 unspecified atom stereocenters. The van der Waals surface area contributed by atoms with Gasteiger partial charge in [0.25, 0.3) is 0 Å². The highest BCUT2D eigenvalue weighted by atomic mass is 16.5. The molecule has 0 aromatic carbocycles. The first kappa shape index (κ1) is 14.6. The van der Waals surface area contributed by atoms with Crippen molar-refractivity contribution in [3.63, 3.8) is 0 Å². The van der Waals surface area contributed by atoms with Gasteiger partial charge >= 0.3 is 5.97 Å². The molecule has 102 valence electrons. The molecular formula is C10H17N3O5. The summed E-state index contributed by atoms with van der Waals surface area (Å²) < 4.78 is 11.6. The van der Waals surface area contributed by atoms with Crippen LogP contribution in [0.2, 0.25) is 0 Å². The lowest BCUT2D eigenvalue weighted by Gasteiger charge is -2.12. The number of carboxylic acids is 1. The Morgan fingerprint density at radius 3 is 2.78 bits per heavy atom. The van der Waals surface area contributed by atoms with Gasteiger partial charge in [0.15, 0.2) is 5.69 Å². The number of rotatable bonds is 8. The number of ether oxygens (including phenoxy) is 2. The van der Waals surface area contributed by atoms with Gasteiger partial charge in [0.2, 0.25) is 0 Å².